The Balaban J connectivity index is 2.21. The maximum atomic E-state index is 12.1. The van der Waals surface area contributed by atoms with Gasteiger partial charge in [-0.1, -0.05) is 19.8 Å². The number of hydrogen-bond donors (Lipinski definition) is 0. The average Bonchev–Trinajstić information content (AvgIpc) is 2.18. The topological polar surface area (TPSA) is 34.1 Å². The number of Topliss-reactive ketones (excluding diaryl/α,β-unsaturated/α-hetero) is 2. The second kappa shape index (κ2) is 4.07. The van der Waals surface area contributed by atoms with E-state index >= 15 is 0 Å². The summed E-state index contributed by atoms with van der Waals surface area (Å²) in [5.74, 6) is 1.12. The first kappa shape index (κ1) is 10.8. The van der Waals surface area contributed by atoms with Gasteiger partial charge in [0.15, 0.2) is 0 Å². The lowest BCUT2D eigenvalue weighted by molar-refractivity contribution is -0.140. The molecule has 2 aliphatic rings. The lowest BCUT2D eigenvalue weighted by atomic mass is 9.61. The Morgan fingerprint density at radius 2 is 1.87 bits per heavy atom. The van der Waals surface area contributed by atoms with Crippen molar-refractivity contribution in [3.05, 3.63) is 0 Å². The lowest BCUT2D eigenvalue weighted by Gasteiger charge is -2.41. The van der Waals surface area contributed by atoms with Gasteiger partial charge in [0.1, 0.15) is 11.6 Å². The minimum atomic E-state index is -0.310. The fraction of sp³-hybridized carbons (Fsp3) is 0.846. The van der Waals surface area contributed by atoms with E-state index in [1.54, 1.807) is 0 Å². The second-order valence-electron chi connectivity index (χ2n) is 5.39. The summed E-state index contributed by atoms with van der Waals surface area (Å²) in [6.45, 7) is 2.03. The van der Waals surface area contributed by atoms with Crippen LogP contribution in [0.25, 0.3) is 0 Å². The SMILES string of the molecule is C[C@@]12CC(=O)CC[C@@H]1CCCCCC2=O. The molecule has 2 heteroatoms. The van der Waals surface area contributed by atoms with E-state index in [2.05, 4.69) is 0 Å². The van der Waals surface area contributed by atoms with Crippen LogP contribution in [0.5, 0.6) is 0 Å². The first-order chi connectivity index (χ1) is 7.13. The van der Waals surface area contributed by atoms with Crippen LogP contribution >= 0.6 is 0 Å². The van der Waals surface area contributed by atoms with Crippen LogP contribution in [0, 0.1) is 11.3 Å². The van der Waals surface area contributed by atoms with Gasteiger partial charge in [0.05, 0.1) is 0 Å². The van der Waals surface area contributed by atoms with Gasteiger partial charge in [-0.25, -0.2) is 0 Å². The van der Waals surface area contributed by atoms with Crippen LogP contribution in [0.15, 0.2) is 0 Å². The maximum Gasteiger partial charge on any atom is 0.139 e. The third-order valence-corrected chi connectivity index (χ3v) is 4.33. The summed E-state index contributed by atoms with van der Waals surface area (Å²) < 4.78 is 0. The lowest BCUT2D eigenvalue weighted by Crippen LogP contribution is -2.42. The Bertz CT molecular complexity index is 282. The molecule has 15 heavy (non-hydrogen) atoms. The highest BCUT2D eigenvalue weighted by Gasteiger charge is 2.44. The van der Waals surface area contributed by atoms with E-state index < -0.39 is 0 Å². The van der Waals surface area contributed by atoms with Crippen molar-refractivity contribution in [2.75, 3.05) is 0 Å². The number of carbonyl (C=O) groups excluding carboxylic acids is 2. The molecule has 2 fully saturated rings. The van der Waals surface area contributed by atoms with Crippen molar-refractivity contribution in [2.24, 2.45) is 11.3 Å². The van der Waals surface area contributed by atoms with Gasteiger partial charge in [-0.3, -0.25) is 9.59 Å². The third-order valence-electron chi connectivity index (χ3n) is 4.33. The zero-order valence-corrected chi connectivity index (χ0v) is 9.55. The molecule has 2 nitrogen and oxygen atoms in total. The molecule has 2 saturated carbocycles. The van der Waals surface area contributed by atoms with Gasteiger partial charge in [0.25, 0.3) is 0 Å². The largest absolute Gasteiger partial charge is 0.300 e. The van der Waals surface area contributed by atoms with Gasteiger partial charge in [-0.2, -0.15) is 0 Å². The summed E-state index contributed by atoms with van der Waals surface area (Å²) in [5, 5.41) is 0. The van der Waals surface area contributed by atoms with E-state index in [1.165, 1.54) is 12.8 Å². The normalized spacial score (nSPS) is 38.1. The molecule has 0 N–H and O–H groups in total. The molecule has 0 aliphatic heterocycles. The molecule has 2 rings (SSSR count). The van der Waals surface area contributed by atoms with Gasteiger partial charge in [-0.15, -0.1) is 0 Å². The highest BCUT2D eigenvalue weighted by Crippen LogP contribution is 2.45. The molecule has 0 heterocycles. The number of ketones is 2. The molecule has 0 aromatic rings. The molecule has 0 aromatic carbocycles. The van der Waals surface area contributed by atoms with Crippen LogP contribution in [0.4, 0.5) is 0 Å². The average molecular weight is 208 g/mol. The predicted molar refractivity (Wildman–Crippen MR) is 58.5 cm³/mol. The summed E-state index contributed by atoms with van der Waals surface area (Å²) >= 11 is 0. The van der Waals surface area contributed by atoms with Crippen LogP contribution < -0.4 is 0 Å². The standard InChI is InChI=1S/C13H20O2/c1-13-9-11(14)8-7-10(13)5-3-2-4-6-12(13)15/h10H,2-9H2,1H3/t10-,13+/m0/s1. The fourth-order valence-corrected chi connectivity index (χ4v) is 3.22. The number of fused-ring (bicyclic) bond motifs is 1. The number of carbonyl (C=O) groups is 2. The zero-order chi connectivity index (χ0) is 10.9. The van der Waals surface area contributed by atoms with Crippen molar-refractivity contribution in [2.45, 2.75) is 58.3 Å². The van der Waals surface area contributed by atoms with E-state index in [9.17, 15) is 9.59 Å². The van der Waals surface area contributed by atoms with Gasteiger partial charge in [-0.05, 0) is 25.2 Å². The molecule has 0 saturated heterocycles. The molecule has 0 bridgehead atoms. The Kier molecular flexibility index (Phi) is 2.94. The van der Waals surface area contributed by atoms with Gasteiger partial charge in [0.2, 0.25) is 0 Å². The van der Waals surface area contributed by atoms with Crippen molar-refractivity contribution in [3.63, 3.8) is 0 Å². The first-order valence-corrected chi connectivity index (χ1v) is 6.18. The van der Waals surface area contributed by atoms with Crippen LogP contribution in [0.1, 0.15) is 58.3 Å². The fourth-order valence-electron chi connectivity index (χ4n) is 3.22. The summed E-state index contributed by atoms with van der Waals surface area (Å²) in [7, 11) is 0. The molecule has 0 amide bonds. The quantitative estimate of drug-likeness (QED) is 0.613. The molecule has 2 aliphatic carbocycles. The van der Waals surface area contributed by atoms with Crippen molar-refractivity contribution in [1.29, 1.82) is 0 Å². The summed E-state index contributed by atoms with van der Waals surface area (Å²) in [5.41, 5.74) is -0.310. The van der Waals surface area contributed by atoms with E-state index in [0.717, 1.165) is 19.3 Å². The molecule has 84 valence electrons. The number of hydrogen-bond acceptors (Lipinski definition) is 2. The molecular formula is C13H20O2. The Labute approximate surface area is 91.4 Å². The smallest absolute Gasteiger partial charge is 0.139 e. The summed E-state index contributed by atoms with van der Waals surface area (Å²) in [4.78, 5) is 23.6. The van der Waals surface area contributed by atoms with Crippen LogP contribution in [-0.2, 0) is 9.59 Å². The minimum Gasteiger partial charge on any atom is -0.300 e. The van der Waals surface area contributed by atoms with Gasteiger partial charge < -0.3 is 0 Å². The van der Waals surface area contributed by atoms with Crippen LogP contribution in [0.3, 0.4) is 0 Å². The Hall–Kier alpha value is -0.660. The Morgan fingerprint density at radius 3 is 2.67 bits per heavy atom. The maximum absolute atomic E-state index is 12.1. The van der Waals surface area contributed by atoms with Crippen molar-refractivity contribution in [3.8, 4) is 0 Å². The highest BCUT2D eigenvalue weighted by molar-refractivity contribution is 5.92. The van der Waals surface area contributed by atoms with Gasteiger partial charge in [0, 0.05) is 24.7 Å². The summed E-state index contributed by atoms with van der Waals surface area (Å²) in [6.07, 6.45) is 7.45. The molecule has 0 spiro atoms. The van der Waals surface area contributed by atoms with Crippen molar-refractivity contribution >= 4 is 11.6 Å². The van der Waals surface area contributed by atoms with E-state index in [4.69, 9.17) is 0 Å². The van der Waals surface area contributed by atoms with Crippen LogP contribution in [0.2, 0.25) is 0 Å². The number of rotatable bonds is 0. The van der Waals surface area contributed by atoms with E-state index in [0.29, 0.717) is 36.7 Å². The molecule has 0 aromatic heterocycles. The molecule has 0 unspecified atom stereocenters. The third kappa shape index (κ3) is 1.99. The molecular weight excluding hydrogens is 188 g/mol. The predicted octanol–water partition coefficient (Wildman–Crippen LogP) is 2.90. The van der Waals surface area contributed by atoms with Crippen molar-refractivity contribution < 1.29 is 9.59 Å². The highest BCUT2D eigenvalue weighted by atomic mass is 16.1. The van der Waals surface area contributed by atoms with E-state index in [1.807, 2.05) is 6.92 Å². The zero-order valence-electron chi connectivity index (χ0n) is 9.55. The van der Waals surface area contributed by atoms with Gasteiger partial charge >= 0.3 is 0 Å². The molecule has 2 atom stereocenters. The van der Waals surface area contributed by atoms with E-state index in [-0.39, 0.29) is 5.41 Å². The van der Waals surface area contributed by atoms with Crippen molar-refractivity contribution in [1.82, 2.24) is 0 Å². The summed E-state index contributed by atoms with van der Waals surface area (Å²) in [6, 6.07) is 0. The van der Waals surface area contributed by atoms with Crippen LogP contribution in [-0.4, -0.2) is 11.6 Å². The molecule has 0 radical (unpaired) electrons. The second-order valence-corrected chi connectivity index (χ2v) is 5.39. The minimum absolute atomic E-state index is 0.294. The Morgan fingerprint density at radius 1 is 1.07 bits per heavy atom. The monoisotopic (exact) mass is 208 g/mol. The first-order valence-electron chi connectivity index (χ1n) is 6.18.